The van der Waals surface area contributed by atoms with Crippen LogP contribution in [-0.4, -0.2) is 12.3 Å². The molecule has 0 unspecified atom stereocenters. The van der Waals surface area contributed by atoms with E-state index < -0.39 is 0 Å². The number of nitrogens with zero attached hydrogens (tertiary/aromatic N) is 1. The number of anilines is 1. The predicted molar refractivity (Wildman–Crippen MR) is 102 cm³/mol. The molecule has 1 fully saturated rings. The van der Waals surface area contributed by atoms with Gasteiger partial charge in [-0.15, -0.1) is 0 Å². The third kappa shape index (κ3) is 4.89. The first-order chi connectivity index (χ1) is 11.7. The summed E-state index contributed by atoms with van der Waals surface area (Å²) >= 11 is 11.9. The lowest BCUT2D eigenvalue weighted by Gasteiger charge is -2.22. The van der Waals surface area contributed by atoms with Crippen molar-refractivity contribution in [2.75, 3.05) is 5.43 Å². The van der Waals surface area contributed by atoms with Gasteiger partial charge in [0.05, 0.1) is 28.1 Å². The van der Waals surface area contributed by atoms with Crippen LogP contribution in [0.25, 0.3) is 0 Å². The predicted octanol–water partition coefficient (Wildman–Crippen LogP) is 6.15. The number of ether oxygens (including phenoxy) is 1. The van der Waals surface area contributed by atoms with E-state index in [0.29, 0.717) is 16.1 Å². The van der Waals surface area contributed by atoms with Crippen LogP contribution < -0.4 is 10.2 Å². The fourth-order valence-corrected chi connectivity index (χ4v) is 3.05. The van der Waals surface area contributed by atoms with Crippen molar-refractivity contribution < 1.29 is 4.74 Å². The van der Waals surface area contributed by atoms with E-state index in [2.05, 4.69) is 10.5 Å². The van der Waals surface area contributed by atoms with Crippen LogP contribution in [0.5, 0.6) is 5.75 Å². The first-order valence-electron chi connectivity index (χ1n) is 8.21. The standard InChI is InChI=1S/C19H20Cl2N2O/c20-18-11-8-15(12-19(18)21)23-22-13-14-6-9-17(10-7-14)24-16-4-2-1-3-5-16/h6-13,16,23H,1-5H2. The normalized spacial score (nSPS) is 15.6. The molecular weight excluding hydrogens is 343 g/mol. The highest BCUT2D eigenvalue weighted by atomic mass is 35.5. The quantitative estimate of drug-likeness (QED) is 0.510. The minimum atomic E-state index is 0.370. The fraction of sp³-hybridized carbons (Fsp3) is 0.316. The molecule has 0 saturated heterocycles. The van der Waals surface area contributed by atoms with Crippen LogP contribution in [-0.2, 0) is 0 Å². The average molecular weight is 363 g/mol. The SMILES string of the molecule is Clc1ccc(NN=Cc2ccc(OC3CCCCC3)cc2)cc1Cl. The van der Waals surface area contributed by atoms with Crippen LogP contribution in [0.1, 0.15) is 37.7 Å². The molecule has 1 N–H and O–H groups in total. The van der Waals surface area contributed by atoms with E-state index >= 15 is 0 Å². The fourth-order valence-electron chi connectivity index (χ4n) is 2.75. The molecule has 1 aliphatic carbocycles. The van der Waals surface area contributed by atoms with Crippen LogP contribution in [0.2, 0.25) is 10.0 Å². The van der Waals surface area contributed by atoms with Gasteiger partial charge in [0, 0.05) is 0 Å². The van der Waals surface area contributed by atoms with Gasteiger partial charge in [0.15, 0.2) is 0 Å². The summed E-state index contributed by atoms with van der Waals surface area (Å²) in [5.41, 5.74) is 4.72. The van der Waals surface area contributed by atoms with E-state index in [1.165, 1.54) is 19.3 Å². The van der Waals surface area contributed by atoms with Crippen molar-refractivity contribution >= 4 is 35.1 Å². The van der Waals surface area contributed by atoms with E-state index in [-0.39, 0.29) is 0 Å². The maximum Gasteiger partial charge on any atom is 0.119 e. The zero-order valence-corrected chi connectivity index (χ0v) is 14.9. The Balaban J connectivity index is 1.54. The van der Waals surface area contributed by atoms with Crippen LogP contribution in [0, 0.1) is 0 Å². The zero-order valence-electron chi connectivity index (χ0n) is 13.3. The van der Waals surface area contributed by atoms with Gasteiger partial charge in [-0.25, -0.2) is 0 Å². The number of nitrogens with one attached hydrogen (secondary N) is 1. The number of hydrazone groups is 1. The van der Waals surface area contributed by atoms with Crippen molar-refractivity contribution in [1.29, 1.82) is 0 Å². The lowest BCUT2D eigenvalue weighted by atomic mass is 9.98. The summed E-state index contributed by atoms with van der Waals surface area (Å²) in [6.07, 6.45) is 8.34. The van der Waals surface area contributed by atoms with E-state index in [4.69, 9.17) is 27.9 Å². The molecule has 0 amide bonds. The Hall–Kier alpha value is -1.71. The molecule has 126 valence electrons. The summed E-state index contributed by atoms with van der Waals surface area (Å²) in [7, 11) is 0. The molecule has 24 heavy (non-hydrogen) atoms. The van der Waals surface area contributed by atoms with Crippen LogP contribution in [0.4, 0.5) is 5.69 Å². The Morgan fingerprint density at radius 1 is 0.958 bits per heavy atom. The zero-order chi connectivity index (χ0) is 16.8. The Morgan fingerprint density at radius 3 is 2.42 bits per heavy atom. The molecule has 0 radical (unpaired) electrons. The van der Waals surface area contributed by atoms with Gasteiger partial charge in [0.1, 0.15) is 5.75 Å². The van der Waals surface area contributed by atoms with Crippen molar-refractivity contribution in [3.05, 3.63) is 58.1 Å². The van der Waals surface area contributed by atoms with Gasteiger partial charge in [-0.3, -0.25) is 5.43 Å². The molecule has 0 atom stereocenters. The van der Waals surface area contributed by atoms with Gasteiger partial charge < -0.3 is 4.74 Å². The van der Waals surface area contributed by atoms with Crippen LogP contribution in [0.15, 0.2) is 47.6 Å². The molecule has 0 aromatic heterocycles. The van der Waals surface area contributed by atoms with Crippen LogP contribution in [0.3, 0.4) is 0 Å². The second kappa shape index (κ2) is 8.41. The van der Waals surface area contributed by atoms with Crippen molar-refractivity contribution in [3.8, 4) is 5.75 Å². The minimum absolute atomic E-state index is 0.370. The van der Waals surface area contributed by atoms with Crippen molar-refractivity contribution in [1.82, 2.24) is 0 Å². The number of benzene rings is 2. The molecule has 0 bridgehead atoms. The third-order valence-corrected chi connectivity index (χ3v) is 4.80. The first kappa shape index (κ1) is 17.1. The van der Waals surface area contributed by atoms with Gasteiger partial charge in [0.25, 0.3) is 0 Å². The monoisotopic (exact) mass is 362 g/mol. The molecule has 0 heterocycles. The van der Waals surface area contributed by atoms with E-state index in [1.54, 1.807) is 18.3 Å². The highest BCUT2D eigenvalue weighted by Gasteiger charge is 2.14. The van der Waals surface area contributed by atoms with Gasteiger partial charge in [0.2, 0.25) is 0 Å². The van der Waals surface area contributed by atoms with Gasteiger partial charge in [-0.2, -0.15) is 5.10 Å². The maximum absolute atomic E-state index is 6.02. The summed E-state index contributed by atoms with van der Waals surface area (Å²) < 4.78 is 6.02. The summed E-state index contributed by atoms with van der Waals surface area (Å²) in [6, 6.07) is 13.3. The van der Waals surface area contributed by atoms with E-state index in [9.17, 15) is 0 Å². The Kier molecular flexibility index (Phi) is 6.00. The summed E-state index contributed by atoms with van der Waals surface area (Å²) in [5.74, 6) is 0.927. The molecule has 0 aliphatic heterocycles. The Labute approximate surface area is 152 Å². The summed E-state index contributed by atoms with van der Waals surface area (Å²) in [5, 5.41) is 5.24. The molecule has 5 heteroatoms. The Morgan fingerprint density at radius 2 is 1.71 bits per heavy atom. The summed E-state index contributed by atoms with van der Waals surface area (Å²) in [6.45, 7) is 0. The number of hydrogen-bond donors (Lipinski definition) is 1. The molecular formula is C19H20Cl2N2O. The molecule has 3 rings (SSSR count). The molecule has 1 saturated carbocycles. The second-order valence-electron chi connectivity index (χ2n) is 5.95. The van der Waals surface area contributed by atoms with Gasteiger partial charge in [-0.1, -0.05) is 29.6 Å². The number of rotatable bonds is 5. The van der Waals surface area contributed by atoms with E-state index in [0.717, 1.165) is 29.8 Å². The van der Waals surface area contributed by atoms with Crippen LogP contribution >= 0.6 is 23.2 Å². The second-order valence-corrected chi connectivity index (χ2v) is 6.76. The summed E-state index contributed by atoms with van der Waals surface area (Å²) in [4.78, 5) is 0. The van der Waals surface area contributed by atoms with Gasteiger partial charge in [-0.05, 0) is 73.7 Å². The van der Waals surface area contributed by atoms with Crippen molar-refractivity contribution in [3.63, 3.8) is 0 Å². The van der Waals surface area contributed by atoms with E-state index in [1.807, 2.05) is 30.3 Å². The lowest BCUT2D eigenvalue weighted by Crippen LogP contribution is -2.19. The number of hydrogen-bond acceptors (Lipinski definition) is 3. The smallest absolute Gasteiger partial charge is 0.119 e. The van der Waals surface area contributed by atoms with Gasteiger partial charge >= 0.3 is 0 Å². The van der Waals surface area contributed by atoms with Crippen molar-refractivity contribution in [2.45, 2.75) is 38.2 Å². The topological polar surface area (TPSA) is 33.6 Å². The minimum Gasteiger partial charge on any atom is -0.490 e. The lowest BCUT2D eigenvalue weighted by molar-refractivity contribution is 0.155. The third-order valence-electron chi connectivity index (χ3n) is 4.06. The van der Waals surface area contributed by atoms with Crippen molar-refractivity contribution in [2.24, 2.45) is 5.10 Å². The Bertz CT molecular complexity index is 695. The molecule has 1 aliphatic rings. The first-order valence-corrected chi connectivity index (χ1v) is 8.97. The number of halogens is 2. The highest BCUT2D eigenvalue weighted by Crippen LogP contribution is 2.25. The highest BCUT2D eigenvalue weighted by molar-refractivity contribution is 6.42. The molecule has 3 nitrogen and oxygen atoms in total. The maximum atomic E-state index is 6.02. The average Bonchev–Trinajstić information content (AvgIpc) is 2.60. The molecule has 0 spiro atoms. The largest absolute Gasteiger partial charge is 0.490 e. The molecule has 2 aromatic carbocycles. The molecule has 2 aromatic rings.